The molecular weight excluding hydrogens is 497 g/mol. The smallest absolute Gasteiger partial charge is 0.272 e. The topological polar surface area (TPSA) is 111 Å². The monoisotopic (exact) mass is 517 g/mol. The van der Waals surface area contributed by atoms with Crippen molar-refractivity contribution < 1.29 is 18.8 Å². The Hall–Kier alpha value is -4.64. The summed E-state index contributed by atoms with van der Waals surface area (Å²) in [6, 6.07) is 16.1. The van der Waals surface area contributed by atoms with Crippen molar-refractivity contribution in [3.63, 3.8) is 0 Å². The van der Waals surface area contributed by atoms with Crippen molar-refractivity contribution in [3.05, 3.63) is 97.9 Å². The Balaban J connectivity index is 1.66. The number of hydrogen-bond donors (Lipinski definition) is 1. The van der Waals surface area contributed by atoms with Crippen molar-refractivity contribution in [2.45, 2.75) is 13.8 Å². The second-order valence-electron chi connectivity index (χ2n) is 8.30. The summed E-state index contributed by atoms with van der Waals surface area (Å²) >= 11 is 1.32. The number of nitro groups is 1. The first-order valence-electron chi connectivity index (χ1n) is 11.2. The summed E-state index contributed by atoms with van der Waals surface area (Å²) in [5, 5.41) is 20.9. The molecule has 9 nitrogen and oxygen atoms in total. The number of halogens is 1. The molecule has 0 unspecified atom stereocenters. The van der Waals surface area contributed by atoms with Gasteiger partial charge >= 0.3 is 0 Å². The molecule has 0 spiro atoms. The zero-order chi connectivity index (χ0) is 26.1. The lowest BCUT2D eigenvalue weighted by atomic mass is 10.1. The molecule has 0 radical (unpaired) electrons. The number of carbonyl (C=O) groups excluding carboxylic acids is 1. The van der Waals surface area contributed by atoms with Crippen molar-refractivity contribution in [1.29, 1.82) is 0 Å². The van der Waals surface area contributed by atoms with Gasteiger partial charge in [0.15, 0.2) is 6.61 Å². The molecule has 37 heavy (non-hydrogen) atoms. The molecule has 1 aromatic heterocycles. The molecule has 0 fully saturated rings. The van der Waals surface area contributed by atoms with Crippen molar-refractivity contribution in [3.8, 4) is 17.0 Å². The number of thiazole rings is 1. The first-order chi connectivity index (χ1) is 17.8. The van der Waals surface area contributed by atoms with E-state index in [4.69, 9.17) is 9.84 Å². The van der Waals surface area contributed by atoms with Gasteiger partial charge in [0.2, 0.25) is 4.80 Å². The summed E-state index contributed by atoms with van der Waals surface area (Å²) < 4.78 is 20.5. The molecule has 186 valence electrons. The second-order valence-corrected chi connectivity index (χ2v) is 9.13. The number of nitro benzene ring substituents is 1. The number of hydrogen-bond acceptors (Lipinski definition) is 7. The molecule has 1 N–H and O–H groups in total. The van der Waals surface area contributed by atoms with Crippen LogP contribution in [0.3, 0.4) is 0 Å². The molecule has 0 saturated heterocycles. The molecule has 4 aromatic rings. The number of aryl methyl sites for hydroxylation is 1. The van der Waals surface area contributed by atoms with Gasteiger partial charge in [0.1, 0.15) is 11.6 Å². The summed E-state index contributed by atoms with van der Waals surface area (Å²) in [5.74, 6) is -0.0514. The van der Waals surface area contributed by atoms with Crippen LogP contribution in [-0.2, 0) is 4.79 Å². The predicted octanol–water partition coefficient (Wildman–Crippen LogP) is 5.41. The summed E-state index contributed by atoms with van der Waals surface area (Å²) in [6.45, 7) is 3.39. The Kier molecular flexibility index (Phi) is 6.36. The molecule has 0 atom stereocenters. The van der Waals surface area contributed by atoms with Gasteiger partial charge in [0.05, 0.1) is 27.7 Å². The maximum atomic E-state index is 13.4. The van der Waals surface area contributed by atoms with E-state index in [0.29, 0.717) is 44.5 Å². The number of aromatic nitrogens is 1. The summed E-state index contributed by atoms with van der Waals surface area (Å²) in [7, 11) is 0. The average molecular weight is 518 g/mol. The number of fused-ring (bicyclic) bond motifs is 1. The minimum atomic E-state index is -0.423. The summed E-state index contributed by atoms with van der Waals surface area (Å²) in [5.41, 5.74) is 4.16. The molecule has 0 saturated carbocycles. The zero-order valence-electron chi connectivity index (χ0n) is 19.8. The fraction of sp³-hybridized carbons (Fsp3) is 0.115. The van der Waals surface area contributed by atoms with Gasteiger partial charge in [-0.25, -0.2) is 14.1 Å². The summed E-state index contributed by atoms with van der Waals surface area (Å²) in [6.07, 6.45) is 0. The fourth-order valence-electron chi connectivity index (χ4n) is 3.78. The third kappa shape index (κ3) is 5.02. The van der Waals surface area contributed by atoms with Crippen LogP contribution in [0.1, 0.15) is 18.1 Å². The van der Waals surface area contributed by atoms with Crippen LogP contribution < -0.4 is 14.9 Å². The highest BCUT2D eigenvalue weighted by molar-refractivity contribution is 7.07. The highest BCUT2D eigenvalue weighted by atomic mass is 32.1. The van der Waals surface area contributed by atoms with Gasteiger partial charge in [-0.3, -0.25) is 14.9 Å². The Labute approximate surface area is 214 Å². The molecule has 5 rings (SSSR count). The van der Waals surface area contributed by atoms with Crippen LogP contribution in [0.2, 0.25) is 0 Å². The van der Waals surface area contributed by atoms with Crippen LogP contribution in [-0.4, -0.2) is 27.8 Å². The van der Waals surface area contributed by atoms with E-state index in [1.807, 2.05) is 11.4 Å². The fourth-order valence-corrected chi connectivity index (χ4v) is 4.63. The van der Waals surface area contributed by atoms with Crippen LogP contribution in [0.5, 0.6) is 5.75 Å². The van der Waals surface area contributed by atoms with Crippen molar-refractivity contribution in [2.24, 2.45) is 10.1 Å². The molecule has 3 aromatic carbocycles. The SMILES string of the molecule is CC(=Nn1c(-c2ccc3c(c2)NC(=O)CO3)csc1=Nc1ccc(F)cc1)c1ccc(C)c([N+](=O)[O-])c1. The maximum absolute atomic E-state index is 13.4. The minimum absolute atomic E-state index is 0.00393. The Bertz CT molecular complexity index is 1640. The van der Waals surface area contributed by atoms with Crippen LogP contribution in [0.15, 0.2) is 76.1 Å². The van der Waals surface area contributed by atoms with E-state index in [0.717, 1.165) is 5.56 Å². The number of nitrogens with one attached hydrogen (secondary N) is 1. The van der Waals surface area contributed by atoms with Crippen molar-refractivity contribution >= 4 is 40.0 Å². The lowest BCUT2D eigenvalue weighted by molar-refractivity contribution is -0.385. The number of carbonyl (C=O) groups is 1. The predicted molar refractivity (Wildman–Crippen MR) is 139 cm³/mol. The van der Waals surface area contributed by atoms with Gasteiger partial charge in [-0.1, -0.05) is 12.1 Å². The van der Waals surface area contributed by atoms with E-state index >= 15 is 0 Å². The molecule has 1 amide bonds. The number of ether oxygens (including phenoxy) is 1. The highest BCUT2D eigenvalue weighted by Crippen LogP contribution is 2.33. The largest absolute Gasteiger partial charge is 0.482 e. The van der Waals surface area contributed by atoms with Crippen LogP contribution >= 0.6 is 11.3 Å². The van der Waals surface area contributed by atoms with Gasteiger partial charge < -0.3 is 10.1 Å². The quantitative estimate of drug-likeness (QED) is 0.217. The third-order valence-electron chi connectivity index (χ3n) is 5.72. The van der Waals surface area contributed by atoms with Gasteiger partial charge in [-0.05, 0) is 56.3 Å². The van der Waals surface area contributed by atoms with Gasteiger partial charge in [-0.2, -0.15) is 5.10 Å². The zero-order valence-corrected chi connectivity index (χ0v) is 20.6. The van der Waals surface area contributed by atoms with Gasteiger partial charge in [-0.15, -0.1) is 11.3 Å². The normalized spacial score (nSPS) is 13.6. The van der Waals surface area contributed by atoms with E-state index in [-0.39, 0.29) is 24.0 Å². The highest BCUT2D eigenvalue weighted by Gasteiger charge is 2.18. The molecule has 0 bridgehead atoms. The molecule has 1 aliphatic heterocycles. The Morgan fingerprint density at radius 1 is 1.16 bits per heavy atom. The Morgan fingerprint density at radius 2 is 1.95 bits per heavy atom. The molecule has 11 heteroatoms. The van der Waals surface area contributed by atoms with E-state index in [2.05, 4.69) is 10.3 Å². The van der Waals surface area contributed by atoms with E-state index in [1.54, 1.807) is 54.9 Å². The lowest BCUT2D eigenvalue weighted by Crippen LogP contribution is -2.25. The van der Waals surface area contributed by atoms with Gasteiger partial charge in [0.25, 0.3) is 11.6 Å². The minimum Gasteiger partial charge on any atom is -0.482 e. The maximum Gasteiger partial charge on any atom is 0.272 e. The van der Waals surface area contributed by atoms with E-state index in [9.17, 15) is 19.3 Å². The van der Waals surface area contributed by atoms with Crippen molar-refractivity contribution in [2.75, 3.05) is 11.9 Å². The number of rotatable bonds is 5. The third-order valence-corrected chi connectivity index (χ3v) is 6.53. The number of amides is 1. The first-order valence-corrected chi connectivity index (χ1v) is 12.1. The number of anilines is 1. The van der Waals surface area contributed by atoms with Gasteiger partial charge in [0, 0.05) is 28.1 Å². The van der Waals surface area contributed by atoms with E-state index < -0.39 is 4.92 Å². The standard InChI is InChI=1S/C26H20FN5O4S/c1-15-3-4-17(12-22(15)32(34)35)16(2)30-31-23(14-37-26(31)28-20-8-6-19(27)7-9-20)18-5-10-24-21(11-18)29-25(33)13-36-24/h3-12,14H,13H2,1-2H3,(H,29,33). The number of nitrogens with zero attached hydrogens (tertiary/aromatic N) is 4. The molecule has 2 heterocycles. The molecular formula is C26H20FN5O4S. The first kappa shape index (κ1) is 24.1. The van der Waals surface area contributed by atoms with Crippen LogP contribution in [0.4, 0.5) is 21.5 Å². The number of benzene rings is 3. The van der Waals surface area contributed by atoms with Crippen LogP contribution in [0, 0.1) is 22.9 Å². The van der Waals surface area contributed by atoms with E-state index in [1.165, 1.54) is 29.5 Å². The lowest BCUT2D eigenvalue weighted by Gasteiger charge is -2.18. The summed E-state index contributed by atoms with van der Waals surface area (Å²) in [4.78, 5) is 28.0. The second kappa shape index (κ2) is 9.78. The molecule has 0 aliphatic carbocycles. The van der Waals surface area contributed by atoms with Crippen molar-refractivity contribution in [1.82, 2.24) is 4.68 Å². The van der Waals surface area contributed by atoms with Crippen LogP contribution in [0.25, 0.3) is 11.3 Å². The Morgan fingerprint density at radius 3 is 2.70 bits per heavy atom. The molecule has 1 aliphatic rings. The average Bonchev–Trinajstić information content (AvgIpc) is 3.26.